The first-order valence-electron chi connectivity index (χ1n) is 8.16. The third-order valence-electron chi connectivity index (χ3n) is 5.52. The van der Waals surface area contributed by atoms with Crippen molar-refractivity contribution in [2.45, 2.75) is 52.0 Å². The minimum Gasteiger partial charge on any atom is -0.314 e. The Kier molecular flexibility index (Phi) is 4.55. The zero-order valence-electron chi connectivity index (χ0n) is 13.0. The molecular formula is C18H25Cl2N. The molecule has 1 N–H and O–H groups in total. The monoisotopic (exact) mass is 325 g/mol. The van der Waals surface area contributed by atoms with Crippen LogP contribution < -0.4 is 5.32 Å². The van der Waals surface area contributed by atoms with Gasteiger partial charge < -0.3 is 5.32 Å². The molecule has 116 valence electrons. The fraction of sp³-hybridized carbons (Fsp3) is 0.667. The number of hydrogen-bond donors (Lipinski definition) is 1. The molecule has 2 bridgehead atoms. The predicted octanol–water partition coefficient (Wildman–Crippen LogP) is 5.34. The van der Waals surface area contributed by atoms with Gasteiger partial charge in [-0.2, -0.15) is 0 Å². The molecule has 2 fully saturated rings. The summed E-state index contributed by atoms with van der Waals surface area (Å²) in [6.45, 7) is 5.58. The van der Waals surface area contributed by atoms with Crippen molar-refractivity contribution in [3.05, 3.63) is 33.8 Å². The van der Waals surface area contributed by atoms with Crippen LogP contribution in [-0.2, 0) is 6.42 Å². The lowest BCUT2D eigenvalue weighted by molar-refractivity contribution is 0.152. The summed E-state index contributed by atoms with van der Waals surface area (Å²) >= 11 is 12.5. The van der Waals surface area contributed by atoms with E-state index >= 15 is 0 Å². The number of nitrogens with one attached hydrogen (secondary N) is 1. The van der Waals surface area contributed by atoms with E-state index in [0.717, 1.165) is 34.8 Å². The minimum absolute atomic E-state index is 0.394. The standard InChI is InChI=1S/C18H25Cl2N/c1-12(2)21-11-18(9-13-3-5-15(18)7-13)10-14-4-6-16(19)8-17(14)20/h4,6,8,12-13,15,21H,3,5,7,9-11H2,1-2H3. The van der Waals surface area contributed by atoms with E-state index in [4.69, 9.17) is 23.2 Å². The Morgan fingerprint density at radius 3 is 2.67 bits per heavy atom. The quantitative estimate of drug-likeness (QED) is 0.770. The molecule has 3 heteroatoms. The summed E-state index contributed by atoms with van der Waals surface area (Å²) in [5.74, 6) is 1.80. The molecule has 0 saturated heterocycles. The van der Waals surface area contributed by atoms with Crippen molar-refractivity contribution in [1.29, 1.82) is 0 Å². The molecule has 1 aromatic rings. The molecule has 2 aliphatic carbocycles. The third-order valence-corrected chi connectivity index (χ3v) is 6.11. The zero-order chi connectivity index (χ0) is 15.0. The van der Waals surface area contributed by atoms with Gasteiger partial charge in [-0.3, -0.25) is 0 Å². The van der Waals surface area contributed by atoms with E-state index in [2.05, 4.69) is 25.2 Å². The largest absolute Gasteiger partial charge is 0.314 e. The highest BCUT2D eigenvalue weighted by atomic mass is 35.5. The van der Waals surface area contributed by atoms with Crippen molar-refractivity contribution in [3.63, 3.8) is 0 Å². The van der Waals surface area contributed by atoms with Gasteiger partial charge in [0.05, 0.1) is 0 Å². The second-order valence-electron chi connectivity index (χ2n) is 7.39. The van der Waals surface area contributed by atoms with Gasteiger partial charge in [-0.25, -0.2) is 0 Å². The Morgan fingerprint density at radius 1 is 1.29 bits per heavy atom. The number of halogens is 2. The van der Waals surface area contributed by atoms with E-state index in [1.807, 2.05) is 12.1 Å². The maximum atomic E-state index is 6.43. The fourth-order valence-electron chi connectivity index (χ4n) is 4.51. The van der Waals surface area contributed by atoms with Gasteiger partial charge in [-0.05, 0) is 60.6 Å². The van der Waals surface area contributed by atoms with Crippen LogP contribution in [0.2, 0.25) is 10.0 Å². The van der Waals surface area contributed by atoms with Crippen LogP contribution in [0.5, 0.6) is 0 Å². The number of fused-ring (bicyclic) bond motifs is 2. The lowest BCUT2D eigenvalue weighted by Crippen LogP contribution is -2.42. The summed E-state index contributed by atoms with van der Waals surface area (Å²) < 4.78 is 0. The highest BCUT2D eigenvalue weighted by Crippen LogP contribution is 2.57. The second-order valence-corrected chi connectivity index (χ2v) is 8.23. The SMILES string of the molecule is CC(C)NCC1(Cc2ccc(Cl)cc2Cl)CC2CCC1C2. The van der Waals surface area contributed by atoms with Crippen LogP contribution in [0.4, 0.5) is 0 Å². The summed E-state index contributed by atoms with van der Waals surface area (Å²) in [5.41, 5.74) is 1.66. The van der Waals surface area contributed by atoms with Crippen LogP contribution in [0.1, 0.15) is 45.1 Å². The van der Waals surface area contributed by atoms with Gasteiger partial charge in [0.25, 0.3) is 0 Å². The van der Waals surface area contributed by atoms with E-state index in [1.54, 1.807) is 0 Å². The van der Waals surface area contributed by atoms with Crippen molar-refractivity contribution in [2.75, 3.05) is 6.54 Å². The smallest absolute Gasteiger partial charge is 0.0453 e. The molecule has 0 heterocycles. The highest BCUT2D eigenvalue weighted by molar-refractivity contribution is 6.35. The Morgan fingerprint density at radius 2 is 2.10 bits per heavy atom. The first-order valence-corrected chi connectivity index (χ1v) is 8.91. The van der Waals surface area contributed by atoms with Gasteiger partial charge in [0.1, 0.15) is 0 Å². The van der Waals surface area contributed by atoms with Gasteiger partial charge in [0.2, 0.25) is 0 Å². The van der Waals surface area contributed by atoms with Crippen molar-refractivity contribution < 1.29 is 0 Å². The molecule has 0 amide bonds. The van der Waals surface area contributed by atoms with Crippen LogP contribution in [0.3, 0.4) is 0 Å². The zero-order valence-corrected chi connectivity index (χ0v) is 14.5. The van der Waals surface area contributed by atoms with Gasteiger partial charge in [-0.1, -0.05) is 49.5 Å². The molecule has 0 aliphatic heterocycles. The average Bonchev–Trinajstić information content (AvgIpc) is 3.01. The number of hydrogen-bond acceptors (Lipinski definition) is 1. The number of rotatable bonds is 5. The van der Waals surface area contributed by atoms with E-state index in [1.165, 1.54) is 31.2 Å². The summed E-state index contributed by atoms with van der Waals surface area (Å²) in [4.78, 5) is 0. The van der Waals surface area contributed by atoms with Crippen molar-refractivity contribution in [2.24, 2.45) is 17.3 Å². The van der Waals surface area contributed by atoms with Crippen LogP contribution in [0, 0.1) is 17.3 Å². The summed E-state index contributed by atoms with van der Waals surface area (Å²) in [6.07, 6.45) is 6.70. The molecule has 3 unspecified atom stereocenters. The molecule has 2 saturated carbocycles. The first-order chi connectivity index (χ1) is 9.98. The fourth-order valence-corrected chi connectivity index (χ4v) is 4.98. The Hall–Kier alpha value is -0.240. The second kappa shape index (κ2) is 6.10. The van der Waals surface area contributed by atoms with Gasteiger partial charge >= 0.3 is 0 Å². The molecular weight excluding hydrogens is 301 g/mol. The summed E-state index contributed by atoms with van der Waals surface area (Å²) in [6, 6.07) is 6.52. The molecule has 2 aliphatic rings. The Balaban J connectivity index is 1.82. The predicted molar refractivity (Wildman–Crippen MR) is 91.2 cm³/mol. The molecule has 0 spiro atoms. The van der Waals surface area contributed by atoms with Crippen LogP contribution in [0.15, 0.2) is 18.2 Å². The van der Waals surface area contributed by atoms with E-state index in [9.17, 15) is 0 Å². The van der Waals surface area contributed by atoms with Gasteiger partial charge in [-0.15, -0.1) is 0 Å². The van der Waals surface area contributed by atoms with E-state index in [0.29, 0.717) is 11.5 Å². The normalized spacial score (nSPS) is 31.3. The Labute approximate surface area is 138 Å². The maximum absolute atomic E-state index is 6.43. The lowest BCUT2D eigenvalue weighted by atomic mass is 9.69. The van der Waals surface area contributed by atoms with E-state index in [-0.39, 0.29) is 0 Å². The van der Waals surface area contributed by atoms with E-state index < -0.39 is 0 Å². The summed E-state index contributed by atoms with van der Waals surface area (Å²) in [5, 5.41) is 5.25. The lowest BCUT2D eigenvalue weighted by Gasteiger charge is -2.39. The maximum Gasteiger partial charge on any atom is 0.0453 e. The first kappa shape index (κ1) is 15.6. The molecule has 1 nitrogen and oxygen atoms in total. The van der Waals surface area contributed by atoms with Gasteiger partial charge in [0, 0.05) is 22.6 Å². The Bertz CT molecular complexity index is 514. The third kappa shape index (κ3) is 3.25. The highest BCUT2D eigenvalue weighted by Gasteiger charge is 2.50. The van der Waals surface area contributed by atoms with Crippen molar-refractivity contribution in [3.8, 4) is 0 Å². The van der Waals surface area contributed by atoms with Crippen LogP contribution in [0.25, 0.3) is 0 Å². The molecule has 21 heavy (non-hydrogen) atoms. The van der Waals surface area contributed by atoms with Crippen LogP contribution in [-0.4, -0.2) is 12.6 Å². The van der Waals surface area contributed by atoms with Crippen molar-refractivity contribution >= 4 is 23.2 Å². The molecule has 0 radical (unpaired) electrons. The van der Waals surface area contributed by atoms with Gasteiger partial charge in [0.15, 0.2) is 0 Å². The molecule has 3 atom stereocenters. The number of benzene rings is 1. The average molecular weight is 326 g/mol. The minimum atomic E-state index is 0.394. The molecule has 3 rings (SSSR count). The van der Waals surface area contributed by atoms with Crippen molar-refractivity contribution in [1.82, 2.24) is 5.32 Å². The summed E-state index contributed by atoms with van der Waals surface area (Å²) in [7, 11) is 0. The molecule has 1 aromatic carbocycles. The topological polar surface area (TPSA) is 12.0 Å². The molecule has 0 aromatic heterocycles. The van der Waals surface area contributed by atoms with Crippen LogP contribution >= 0.6 is 23.2 Å².